The Morgan fingerprint density at radius 2 is 2.14 bits per heavy atom. The zero-order valence-corrected chi connectivity index (χ0v) is 10.7. The zero-order chi connectivity index (χ0) is 15.4. The van der Waals surface area contributed by atoms with E-state index in [2.05, 4.69) is 20.3 Å². The minimum absolute atomic E-state index is 0.0102. The Balaban J connectivity index is 2.14. The first kappa shape index (κ1) is 14.3. The van der Waals surface area contributed by atoms with Crippen molar-refractivity contribution in [3.8, 4) is 5.88 Å². The van der Waals surface area contributed by atoms with Crippen molar-refractivity contribution in [1.29, 1.82) is 0 Å². The van der Waals surface area contributed by atoms with Crippen LogP contribution < -0.4 is 10.9 Å². The number of nitrogens with zero attached hydrogens (tertiary/aromatic N) is 1. The van der Waals surface area contributed by atoms with Crippen LogP contribution in [0.25, 0.3) is 0 Å². The van der Waals surface area contributed by atoms with Gasteiger partial charge in [0.1, 0.15) is 6.04 Å². The molecule has 0 fully saturated rings. The summed E-state index contributed by atoms with van der Waals surface area (Å²) in [4.78, 5) is 42.8. The summed E-state index contributed by atoms with van der Waals surface area (Å²) in [6, 6.07) is 0.801. The first-order chi connectivity index (χ1) is 9.95. The predicted octanol–water partition coefficient (Wildman–Crippen LogP) is -0.771. The first-order valence-corrected chi connectivity index (χ1v) is 5.90. The summed E-state index contributed by atoms with van der Waals surface area (Å²) in [6.45, 7) is 0. The van der Waals surface area contributed by atoms with Crippen molar-refractivity contribution in [3.05, 3.63) is 46.3 Å². The summed E-state index contributed by atoms with van der Waals surface area (Å²) >= 11 is 0. The topological polar surface area (TPSA) is 148 Å². The van der Waals surface area contributed by atoms with Crippen molar-refractivity contribution in [1.82, 2.24) is 20.3 Å². The van der Waals surface area contributed by atoms with Gasteiger partial charge in [-0.25, -0.2) is 9.78 Å². The second-order valence-corrected chi connectivity index (χ2v) is 4.26. The van der Waals surface area contributed by atoms with Crippen molar-refractivity contribution in [2.45, 2.75) is 12.5 Å². The summed E-state index contributed by atoms with van der Waals surface area (Å²) in [6.07, 6.45) is 2.85. The lowest BCUT2D eigenvalue weighted by Gasteiger charge is -2.13. The van der Waals surface area contributed by atoms with Gasteiger partial charge in [0.15, 0.2) is 5.88 Å². The number of carboxylic acid groups (broad SMARTS) is 1. The maximum Gasteiger partial charge on any atom is 0.326 e. The summed E-state index contributed by atoms with van der Waals surface area (Å²) in [5, 5.41) is 20.6. The maximum atomic E-state index is 11.9. The Labute approximate surface area is 117 Å². The summed E-state index contributed by atoms with van der Waals surface area (Å²) in [7, 11) is 0. The molecule has 0 saturated heterocycles. The smallest absolute Gasteiger partial charge is 0.326 e. The molecule has 0 unspecified atom stereocenters. The van der Waals surface area contributed by atoms with E-state index in [1.165, 1.54) is 12.5 Å². The Morgan fingerprint density at radius 1 is 1.38 bits per heavy atom. The Hall–Kier alpha value is -3.10. The quantitative estimate of drug-likeness (QED) is 0.488. The molecule has 9 heteroatoms. The van der Waals surface area contributed by atoms with E-state index in [4.69, 9.17) is 5.11 Å². The largest absolute Gasteiger partial charge is 0.494 e. The molecule has 0 aliphatic carbocycles. The lowest BCUT2D eigenvalue weighted by Crippen LogP contribution is -2.42. The highest BCUT2D eigenvalue weighted by molar-refractivity contribution is 5.96. The molecule has 9 nitrogen and oxygen atoms in total. The third-order valence-electron chi connectivity index (χ3n) is 2.67. The van der Waals surface area contributed by atoms with Gasteiger partial charge < -0.3 is 20.5 Å². The van der Waals surface area contributed by atoms with Gasteiger partial charge in [0.05, 0.1) is 11.9 Å². The van der Waals surface area contributed by atoms with Crippen LogP contribution in [-0.4, -0.2) is 43.1 Å². The highest BCUT2D eigenvalue weighted by Gasteiger charge is 2.22. The number of amides is 1. The molecule has 2 aromatic rings. The summed E-state index contributed by atoms with van der Waals surface area (Å²) in [5.41, 5.74) is -0.260. The monoisotopic (exact) mass is 292 g/mol. The van der Waals surface area contributed by atoms with E-state index in [0.29, 0.717) is 5.69 Å². The molecule has 1 atom stereocenters. The van der Waals surface area contributed by atoms with Crippen LogP contribution in [0.2, 0.25) is 0 Å². The van der Waals surface area contributed by atoms with Crippen LogP contribution in [0.3, 0.4) is 0 Å². The van der Waals surface area contributed by atoms with Gasteiger partial charge in [-0.1, -0.05) is 0 Å². The Kier molecular flexibility index (Phi) is 4.02. The average Bonchev–Trinajstić information content (AvgIpc) is 2.89. The number of aromatic amines is 2. The molecule has 2 aromatic heterocycles. The van der Waals surface area contributed by atoms with E-state index in [0.717, 1.165) is 12.1 Å². The molecule has 0 aliphatic rings. The molecule has 0 saturated carbocycles. The van der Waals surface area contributed by atoms with Crippen LogP contribution in [-0.2, 0) is 11.2 Å². The number of carboxylic acids is 1. The van der Waals surface area contributed by atoms with Gasteiger partial charge in [-0.2, -0.15) is 0 Å². The van der Waals surface area contributed by atoms with Gasteiger partial charge >= 0.3 is 5.97 Å². The van der Waals surface area contributed by atoms with Crippen LogP contribution in [0.4, 0.5) is 0 Å². The third-order valence-corrected chi connectivity index (χ3v) is 2.67. The van der Waals surface area contributed by atoms with Crippen molar-refractivity contribution < 1.29 is 19.8 Å². The van der Waals surface area contributed by atoms with E-state index in [1.807, 2.05) is 0 Å². The molecule has 110 valence electrons. The van der Waals surface area contributed by atoms with Gasteiger partial charge in [0, 0.05) is 30.4 Å². The number of aromatic hydroxyl groups is 1. The normalized spacial score (nSPS) is 11.8. The standard InChI is InChI=1S/C12H12N4O5/c17-9-1-6(2-10(18)16-9)11(19)15-8(12(20)21)3-7-4-13-5-14-7/h1-2,4-5,8H,3H2,(H,13,14)(H,15,19)(H,20,21)(H2,16,17,18)/t8-/m1/s1. The number of H-pyrrole nitrogens is 2. The van der Waals surface area contributed by atoms with E-state index in [1.54, 1.807) is 0 Å². The number of nitrogens with one attached hydrogen (secondary N) is 3. The number of aliphatic carboxylic acids is 1. The van der Waals surface area contributed by atoms with E-state index < -0.39 is 29.4 Å². The molecule has 0 radical (unpaired) electrons. The van der Waals surface area contributed by atoms with Crippen LogP contribution in [0.15, 0.2) is 29.5 Å². The summed E-state index contributed by atoms with van der Waals surface area (Å²) < 4.78 is 0. The number of hydrogen-bond donors (Lipinski definition) is 5. The van der Waals surface area contributed by atoms with Gasteiger partial charge in [0.25, 0.3) is 11.5 Å². The minimum Gasteiger partial charge on any atom is -0.494 e. The number of pyridine rings is 1. The van der Waals surface area contributed by atoms with Crippen LogP contribution in [0, 0.1) is 0 Å². The van der Waals surface area contributed by atoms with Crippen molar-refractivity contribution in [2.24, 2.45) is 0 Å². The van der Waals surface area contributed by atoms with Gasteiger partial charge in [-0.3, -0.25) is 14.6 Å². The van der Waals surface area contributed by atoms with Gasteiger partial charge in [0.2, 0.25) is 0 Å². The van der Waals surface area contributed by atoms with Gasteiger partial charge in [-0.15, -0.1) is 0 Å². The second-order valence-electron chi connectivity index (χ2n) is 4.26. The third kappa shape index (κ3) is 3.69. The highest BCUT2D eigenvalue weighted by atomic mass is 16.4. The number of aromatic nitrogens is 3. The molecule has 0 aliphatic heterocycles. The average molecular weight is 292 g/mol. The van der Waals surface area contributed by atoms with Crippen LogP contribution in [0.1, 0.15) is 16.1 Å². The molecule has 0 bridgehead atoms. The zero-order valence-electron chi connectivity index (χ0n) is 10.7. The molecular formula is C12H12N4O5. The first-order valence-electron chi connectivity index (χ1n) is 5.90. The number of imidazole rings is 1. The molecule has 21 heavy (non-hydrogen) atoms. The van der Waals surface area contributed by atoms with Crippen molar-refractivity contribution >= 4 is 11.9 Å². The fourth-order valence-electron chi connectivity index (χ4n) is 1.72. The van der Waals surface area contributed by atoms with E-state index in [9.17, 15) is 19.5 Å². The lowest BCUT2D eigenvalue weighted by molar-refractivity contribution is -0.139. The van der Waals surface area contributed by atoms with E-state index >= 15 is 0 Å². The molecule has 0 spiro atoms. The number of carbonyl (C=O) groups excluding carboxylic acids is 1. The van der Waals surface area contributed by atoms with Crippen molar-refractivity contribution in [3.63, 3.8) is 0 Å². The number of carbonyl (C=O) groups is 2. The second kappa shape index (κ2) is 5.90. The molecule has 5 N–H and O–H groups in total. The molecule has 1 amide bonds. The highest BCUT2D eigenvalue weighted by Crippen LogP contribution is 2.06. The Bertz CT molecular complexity index is 707. The maximum absolute atomic E-state index is 11.9. The molecule has 2 rings (SSSR count). The van der Waals surface area contributed by atoms with Crippen LogP contribution >= 0.6 is 0 Å². The molecule has 0 aromatic carbocycles. The Morgan fingerprint density at radius 3 is 2.71 bits per heavy atom. The SMILES string of the molecule is O=C(N[C@H](Cc1cnc[nH]1)C(=O)O)c1cc(O)[nH]c(=O)c1. The fraction of sp³-hybridized carbons (Fsp3) is 0.167. The number of hydrogen-bond acceptors (Lipinski definition) is 5. The predicted molar refractivity (Wildman–Crippen MR) is 69.9 cm³/mol. The van der Waals surface area contributed by atoms with Crippen molar-refractivity contribution in [2.75, 3.05) is 0 Å². The summed E-state index contributed by atoms with van der Waals surface area (Å²) in [5.74, 6) is -2.48. The van der Waals surface area contributed by atoms with E-state index in [-0.39, 0.29) is 12.0 Å². The fourth-order valence-corrected chi connectivity index (χ4v) is 1.72. The minimum atomic E-state index is -1.23. The molecular weight excluding hydrogens is 280 g/mol. The lowest BCUT2D eigenvalue weighted by atomic mass is 10.1. The van der Waals surface area contributed by atoms with Gasteiger partial charge in [-0.05, 0) is 0 Å². The van der Waals surface area contributed by atoms with Crippen LogP contribution in [0.5, 0.6) is 5.88 Å². The number of rotatable bonds is 5. The molecule has 2 heterocycles.